The van der Waals surface area contributed by atoms with E-state index < -0.39 is 10.0 Å². The van der Waals surface area contributed by atoms with Crippen LogP contribution in [-0.4, -0.2) is 45.6 Å². The molecule has 1 saturated heterocycles. The van der Waals surface area contributed by atoms with Crippen molar-refractivity contribution in [1.29, 1.82) is 0 Å². The molecule has 2 fully saturated rings. The molecule has 5 rings (SSSR count). The van der Waals surface area contributed by atoms with Crippen molar-refractivity contribution in [2.24, 2.45) is 11.8 Å². The number of sulfonamides is 1. The first-order valence-corrected chi connectivity index (χ1v) is 14.4. The SMILES string of the molecule is O=S(=O)(NC1C2CCC1Cc1cc(OCCN3CCCCC3)ccc1C2)c1ccc(Cl)s1. The van der Waals surface area contributed by atoms with Crippen molar-refractivity contribution in [2.45, 2.75) is 55.2 Å². The molecule has 2 heterocycles. The topological polar surface area (TPSA) is 58.6 Å². The van der Waals surface area contributed by atoms with Crippen molar-refractivity contribution in [3.8, 4) is 5.75 Å². The van der Waals surface area contributed by atoms with Crippen LogP contribution in [0.3, 0.4) is 0 Å². The molecule has 1 aromatic heterocycles. The predicted octanol–water partition coefficient (Wildman–Crippen LogP) is 4.74. The molecule has 2 aromatic rings. The van der Waals surface area contributed by atoms with E-state index in [4.69, 9.17) is 16.3 Å². The van der Waals surface area contributed by atoms with Crippen molar-refractivity contribution in [1.82, 2.24) is 9.62 Å². The number of hydrogen-bond donors (Lipinski definition) is 1. The van der Waals surface area contributed by atoms with Crippen molar-refractivity contribution in [3.63, 3.8) is 0 Å². The van der Waals surface area contributed by atoms with Crippen LogP contribution in [0.5, 0.6) is 5.75 Å². The molecule has 1 aliphatic heterocycles. The number of fused-ring (bicyclic) bond motifs is 3. The summed E-state index contributed by atoms with van der Waals surface area (Å²) >= 11 is 7.09. The number of benzene rings is 1. The van der Waals surface area contributed by atoms with Crippen LogP contribution in [0.4, 0.5) is 0 Å². The normalized spacial score (nSPS) is 26.0. The molecule has 3 atom stereocenters. The summed E-state index contributed by atoms with van der Waals surface area (Å²) in [5, 5.41) is 0. The summed E-state index contributed by atoms with van der Waals surface area (Å²) in [5.74, 6) is 1.58. The molecular weight excluding hydrogens is 464 g/mol. The molecule has 0 spiro atoms. The molecule has 174 valence electrons. The molecule has 1 N–H and O–H groups in total. The Balaban J connectivity index is 1.25. The van der Waals surface area contributed by atoms with Crippen molar-refractivity contribution in [2.75, 3.05) is 26.2 Å². The van der Waals surface area contributed by atoms with E-state index in [1.807, 2.05) is 0 Å². The van der Waals surface area contributed by atoms with E-state index >= 15 is 0 Å². The quantitative estimate of drug-likeness (QED) is 0.604. The summed E-state index contributed by atoms with van der Waals surface area (Å²) < 4.78 is 35.8. The van der Waals surface area contributed by atoms with Crippen molar-refractivity contribution < 1.29 is 13.2 Å². The third-order valence-electron chi connectivity index (χ3n) is 7.30. The molecule has 0 amide bonds. The van der Waals surface area contributed by atoms with E-state index in [2.05, 4.69) is 27.8 Å². The molecule has 2 aliphatic carbocycles. The zero-order valence-corrected chi connectivity index (χ0v) is 20.7. The number of thiophene rings is 1. The lowest BCUT2D eigenvalue weighted by Gasteiger charge is -2.26. The smallest absolute Gasteiger partial charge is 0.250 e. The lowest BCUT2D eigenvalue weighted by Crippen LogP contribution is -2.41. The number of hydrogen-bond acceptors (Lipinski definition) is 5. The highest BCUT2D eigenvalue weighted by molar-refractivity contribution is 7.91. The average molecular weight is 495 g/mol. The van der Waals surface area contributed by atoms with Crippen LogP contribution in [0.25, 0.3) is 0 Å². The number of nitrogens with zero attached hydrogens (tertiary/aromatic N) is 1. The largest absolute Gasteiger partial charge is 0.492 e. The maximum Gasteiger partial charge on any atom is 0.250 e. The van der Waals surface area contributed by atoms with Gasteiger partial charge in [0.05, 0.1) is 4.34 Å². The molecule has 0 radical (unpaired) electrons. The standard InChI is InChI=1S/C24H31ClN2O3S2/c25-22-8-9-23(31-22)32(28,29)26-24-18-4-5-19(24)15-20-16-21(7-6-17(20)14-18)30-13-12-27-10-2-1-3-11-27/h6-9,16,18-19,24,26H,1-5,10-15H2. The van der Waals surface area contributed by atoms with Gasteiger partial charge in [-0.1, -0.05) is 24.1 Å². The first kappa shape index (κ1) is 22.7. The summed E-state index contributed by atoms with van der Waals surface area (Å²) in [4.78, 5) is 2.49. The lowest BCUT2D eigenvalue weighted by molar-refractivity contribution is 0.183. The third-order valence-corrected chi connectivity index (χ3v) is 10.5. The van der Waals surface area contributed by atoms with Gasteiger partial charge in [-0.25, -0.2) is 13.1 Å². The molecule has 2 bridgehead atoms. The Hall–Kier alpha value is -1.12. The molecule has 32 heavy (non-hydrogen) atoms. The van der Waals surface area contributed by atoms with Crippen LogP contribution in [-0.2, 0) is 22.9 Å². The summed E-state index contributed by atoms with van der Waals surface area (Å²) in [6.45, 7) is 4.08. The second kappa shape index (κ2) is 9.63. The highest BCUT2D eigenvalue weighted by atomic mass is 35.5. The number of rotatable bonds is 7. The minimum atomic E-state index is -3.54. The molecular formula is C24H31ClN2O3S2. The Morgan fingerprint density at radius 3 is 2.50 bits per heavy atom. The van der Waals surface area contributed by atoms with Crippen LogP contribution in [0.15, 0.2) is 34.5 Å². The number of nitrogens with one attached hydrogen (secondary N) is 1. The van der Waals surface area contributed by atoms with Gasteiger partial charge in [-0.05, 0) is 98.8 Å². The van der Waals surface area contributed by atoms with Crippen LogP contribution in [0.1, 0.15) is 43.2 Å². The van der Waals surface area contributed by atoms with Gasteiger partial charge in [-0.15, -0.1) is 11.3 Å². The molecule has 8 heteroatoms. The van der Waals surface area contributed by atoms with Crippen LogP contribution < -0.4 is 9.46 Å². The van der Waals surface area contributed by atoms with Gasteiger partial charge in [0.2, 0.25) is 10.0 Å². The van der Waals surface area contributed by atoms with Gasteiger partial charge in [-0.2, -0.15) is 0 Å². The average Bonchev–Trinajstić information content (AvgIpc) is 3.33. The number of ether oxygens (including phenoxy) is 1. The minimum absolute atomic E-state index is 0.0308. The maximum absolute atomic E-state index is 12.9. The van der Waals surface area contributed by atoms with Gasteiger partial charge in [0, 0.05) is 12.6 Å². The highest BCUT2D eigenvalue weighted by Crippen LogP contribution is 2.41. The Labute approximate surface area is 200 Å². The van der Waals surface area contributed by atoms with Crippen LogP contribution >= 0.6 is 22.9 Å². The maximum atomic E-state index is 12.9. The first-order chi connectivity index (χ1) is 15.5. The van der Waals surface area contributed by atoms with Crippen LogP contribution in [0, 0.1) is 11.8 Å². The Morgan fingerprint density at radius 1 is 1.03 bits per heavy atom. The fraction of sp³-hybridized carbons (Fsp3) is 0.583. The van der Waals surface area contributed by atoms with E-state index in [0.29, 0.717) is 20.4 Å². The number of halogens is 1. The van der Waals surface area contributed by atoms with Gasteiger partial charge in [0.1, 0.15) is 16.6 Å². The third kappa shape index (κ3) is 5.02. The van der Waals surface area contributed by atoms with E-state index in [1.165, 1.54) is 43.5 Å². The van der Waals surface area contributed by atoms with Gasteiger partial charge in [0.25, 0.3) is 0 Å². The Bertz CT molecular complexity index is 1050. The molecule has 3 aliphatic rings. The minimum Gasteiger partial charge on any atom is -0.492 e. The van der Waals surface area contributed by atoms with Gasteiger partial charge < -0.3 is 4.74 Å². The first-order valence-electron chi connectivity index (χ1n) is 11.7. The van der Waals surface area contributed by atoms with Gasteiger partial charge in [-0.3, -0.25) is 4.90 Å². The number of likely N-dealkylation sites (tertiary alicyclic amines) is 1. The number of piperidine rings is 1. The summed E-state index contributed by atoms with van der Waals surface area (Å²) in [5.41, 5.74) is 2.65. The zero-order chi connectivity index (χ0) is 22.1. The van der Waals surface area contributed by atoms with E-state index in [9.17, 15) is 8.42 Å². The molecule has 1 saturated carbocycles. The molecule has 5 nitrogen and oxygen atoms in total. The van der Waals surface area contributed by atoms with E-state index in [-0.39, 0.29) is 6.04 Å². The second-order valence-corrected chi connectivity index (χ2v) is 13.0. The van der Waals surface area contributed by atoms with Gasteiger partial charge in [0.15, 0.2) is 0 Å². The van der Waals surface area contributed by atoms with Gasteiger partial charge >= 0.3 is 0 Å². The Kier molecular flexibility index (Phi) is 6.82. The summed E-state index contributed by atoms with van der Waals surface area (Å²) in [6, 6.07) is 9.67. The zero-order valence-electron chi connectivity index (χ0n) is 18.3. The molecule has 1 aromatic carbocycles. The fourth-order valence-corrected chi connectivity index (χ4v) is 8.50. The summed E-state index contributed by atoms with van der Waals surface area (Å²) in [7, 11) is -3.54. The van der Waals surface area contributed by atoms with Crippen molar-refractivity contribution in [3.05, 3.63) is 45.8 Å². The highest BCUT2D eigenvalue weighted by Gasteiger charge is 2.41. The van der Waals surface area contributed by atoms with E-state index in [0.717, 1.165) is 55.9 Å². The Morgan fingerprint density at radius 2 is 1.78 bits per heavy atom. The monoisotopic (exact) mass is 494 g/mol. The van der Waals surface area contributed by atoms with Crippen LogP contribution in [0.2, 0.25) is 4.34 Å². The van der Waals surface area contributed by atoms with Crippen molar-refractivity contribution >= 4 is 33.0 Å². The molecule has 3 unspecified atom stereocenters. The second-order valence-electron chi connectivity index (χ2n) is 9.39. The summed E-state index contributed by atoms with van der Waals surface area (Å²) in [6.07, 6.45) is 7.88. The lowest BCUT2D eigenvalue weighted by atomic mass is 9.93. The predicted molar refractivity (Wildman–Crippen MR) is 129 cm³/mol. The van der Waals surface area contributed by atoms with E-state index in [1.54, 1.807) is 12.1 Å². The fourth-order valence-electron chi connectivity index (χ4n) is 5.62.